The Kier molecular flexibility index (Phi) is 5.99. The van der Waals surface area contributed by atoms with Crippen LogP contribution in [0.25, 0.3) is 11.0 Å². The van der Waals surface area contributed by atoms with Gasteiger partial charge in [0.15, 0.2) is 0 Å². The molecule has 5 rings (SSSR count). The molecule has 33 heavy (non-hydrogen) atoms. The number of carbonyl (C=O) groups excluding carboxylic acids is 2. The molecule has 1 aliphatic carbocycles. The number of hydrogen-bond donors (Lipinski definition) is 1. The minimum atomic E-state index is -0.581. The molecule has 170 valence electrons. The van der Waals surface area contributed by atoms with Gasteiger partial charge in [-0.3, -0.25) is 19.1 Å². The quantitative estimate of drug-likeness (QED) is 0.498. The zero-order valence-electron chi connectivity index (χ0n) is 19.1. The van der Waals surface area contributed by atoms with Crippen LogP contribution in [0.5, 0.6) is 0 Å². The predicted molar refractivity (Wildman–Crippen MR) is 131 cm³/mol. The van der Waals surface area contributed by atoms with Gasteiger partial charge in [0, 0.05) is 12.2 Å². The number of fused-ring (bicyclic) bond motifs is 3. The van der Waals surface area contributed by atoms with E-state index in [4.69, 9.17) is 4.98 Å². The van der Waals surface area contributed by atoms with E-state index in [1.165, 1.54) is 24.0 Å². The van der Waals surface area contributed by atoms with Crippen molar-refractivity contribution in [1.29, 1.82) is 0 Å². The molecule has 0 spiro atoms. The van der Waals surface area contributed by atoms with Gasteiger partial charge in [0.2, 0.25) is 11.9 Å². The van der Waals surface area contributed by atoms with Crippen molar-refractivity contribution in [3.8, 4) is 0 Å². The van der Waals surface area contributed by atoms with Gasteiger partial charge in [-0.25, -0.2) is 4.98 Å². The number of para-hydroxylation sites is 2. The third kappa shape index (κ3) is 4.30. The molecule has 2 aliphatic rings. The van der Waals surface area contributed by atoms with Crippen LogP contribution in [0.3, 0.4) is 0 Å². The second-order valence-corrected chi connectivity index (χ2v) is 8.94. The van der Waals surface area contributed by atoms with E-state index < -0.39 is 6.04 Å². The molecule has 2 amide bonds. The number of amides is 2. The highest BCUT2D eigenvalue weighted by Crippen LogP contribution is 2.37. The van der Waals surface area contributed by atoms with Crippen molar-refractivity contribution in [3.05, 3.63) is 65.7 Å². The van der Waals surface area contributed by atoms with Crippen LogP contribution in [0.2, 0.25) is 0 Å². The Bertz CT molecular complexity index is 1210. The number of imidazole rings is 1. The topological polar surface area (TPSA) is 67.2 Å². The van der Waals surface area contributed by atoms with Crippen LogP contribution in [-0.2, 0) is 16.0 Å². The van der Waals surface area contributed by atoms with E-state index in [0.29, 0.717) is 12.5 Å². The van der Waals surface area contributed by atoms with Gasteiger partial charge in [-0.05, 0) is 68.4 Å². The lowest BCUT2D eigenvalue weighted by Crippen LogP contribution is -2.32. The molecular formula is C27H30N4O2. The molecule has 1 atom stereocenters. The van der Waals surface area contributed by atoms with Gasteiger partial charge in [0.1, 0.15) is 6.04 Å². The molecule has 6 heteroatoms. The number of benzene rings is 2. The van der Waals surface area contributed by atoms with Gasteiger partial charge in [-0.2, -0.15) is 0 Å². The van der Waals surface area contributed by atoms with Crippen LogP contribution in [0.1, 0.15) is 57.1 Å². The number of carbonyl (C=O) groups is 2. The van der Waals surface area contributed by atoms with Crippen molar-refractivity contribution >= 4 is 34.5 Å². The fourth-order valence-electron chi connectivity index (χ4n) is 4.91. The van der Waals surface area contributed by atoms with Gasteiger partial charge in [0.25, 0.3) is 5.91 Å². The SMILES string of the molecule is CCc1ccc(NC(=O)CC2C(=O)N(CCC3=CCCCC3)c3nc4ccccc4n32)cc1. The summed E-state index contributed by atoms with van der Waals surface area (Å²) in [6.07, 6.45) is 8.93. The lowest BCUT2D eigenvalue weighted by molar-refractivity contribution is -0.124. The summed E-state index contributed by atoms with van der Waals surface area (Å²) in [5.74, 6) is 0.442. The first kappa shape index (κ1) is 21.4. The highest BCUT2D eigenvalue weighted by Gasteiger charge is 2.40. The van der Waals surface area contributed by atoms with Crippen molar-refractivity contribution < 1.29 is 9.59 Å². The molecule has 1 unspecified atom stereocenters. The third-order valence-electron chi connectivity index (χ3n) is 6.75. The number of rotatable bonds is 7. The minimum absolute atomic E-state index is 0.0452. The first-order valence-electron chi connectivity index (χ1n) is 12.0. The summed E-state index contributed by atoms with van der Waals surface area (Å²) >= 11 is 0. The molecule has 6 nitrogen and oxygen atoms in total. The Morgan fingerprint density at radius 3 is 2.70 bits per heavy atom. The minimum Gasteiger partial charge on any atom is -0.326 e. The van der Waals surface area contributed by atoms with Crippen LogP contribution in [0.4, 0.5) is 11.6 Å². The Morgan fingerprint density at radius 1 is 1.12 bits per heavy atom. The number of aromatic nitrogens is 2. The summed E-state index contributed by atoms with van der Waals surface area (Å²) in [7, 11) is 0. The first-order valence-corrected chi connectivity index (χ1v) is 12.0. The van der Waals surface area contributed by atoms with Crippen LogP contribution in [0, 0.1) is 0 Å². The number of anilines is 2. The van der Waals surface area contributed by atoms with Gasteiger partial charge < -0.3 is 5.32 Å². The lowest BCUT2D eigenvalue weighted by atomic mass is 9.97. The maximum absolute atomic E-state index is 13.5. The van der Waals surface area contributed by atoms with Crippen molar-refractivity contribution in [1.82, 2.24) is 9.55 Å². The van der Waals surface area contributed by atoms with E-state index in [1.54, 1.807) is 4.90 Å². The Balaban J connectivity index is 1.38. The molecule has 3 aromatic rings. The fraction of sp³-hybridized carbons (Fsp3) is 0.370. The molecule has 0 fully saturated rings. The standard InChI is InChI=1S/C27H30N4O2/c1-2-19-12-14-21(15-13-19)28-25(32)18-24-26(33)30(17-16-20-8-4-3-5-9-20)27-29-22-10-6-7-11-23(22)31(24)27/h6-8,10-15,24H,2-5,9,16-18H2,1H3,(H,28,32). The maximum atomic E-state index is 13.5. The number of nitrogens with one attached hydrogen (secondary N) is 1. The molecule has 0 bridgehead atoms. The number of allylic oxidation sites excluding steroid dienone is 1. The summed E-state index contributed by atoms with van der Waals surface area (Å²) in [6, 6.07) is 15.1. The normalized spacial score (nSPS) is 17.8. The third-order valence-corrected chi connectivity index (χ3v) is 6.75. The van der Waals surface area contributed by atoms with E-state index >= 15 is 0 Å². The van der Waals surface area contributed by atoms with Gasteiger partial charge >= 0.3 is 0 Å². The first-order chi connectivity index (χ1) is 16.1. The number of nitrogens with zero attached hydrogens (tertiary/aromatic N) is 3. The highest BCUT2D eigenvalue weighted by molar-refractivity contribution is 6.05. The van der Waals surface area contributed by atoms with Gasteiger partial charge in [-0.1, -0.05) is 42.8 Å². The molecule has 1 N–H and O–H groups in total. The molecule has 1 aromatic heterocycles. The van der Waals surface area contributed by atoms with Crippen LogP contribution in [-0.4, -0.2) is 27.9 Å². The summed E-state index contributed by atoms with van der Waals surface area (Å²) in [5, 5.41) is 2.96. The van der Waals surface area contributed by atoms with Gasteiger partial charge in [-0.15, -0.1) is 0 Å². The average Bonchev–Trinajstić information content (AvgIpc) is 3.33. The van der Waals surface area contributed by atoms with Crippen LogP contribution in [0.15, 0.2) is 60.2 Å². The summed E-state index contributed by atoms with van der Waals surface area (Å²) < 4.78 is 1.95. The van der Waals surface area contributed by atoms with E-state index in [0.717, 1.165) is 42.4 Å². The van der Waals surface area contributed by atoms with Gasteiger partial charge in [0.05, 0.1) is 17.5 Å². The second-order valence-electron chi connectivity index (χ2n) is 8.94. The monoisotopic (exact) mass is 442 g/mol. The highest BCUT2D eigenvalue weighted by atomic mass is 16.2. The van der Waals surface area contributed by atoms with E-state index in [1.807, 2.05) is 53.1 Å². The van der Waals surface area contributed by atoms with Crippen molar-refractivity contribution in [2.45, 2.75) is 57.9 Å². The van der Waals surface area contributed by atoms with E-state index in [9.17, 15) is 9.59 Å². The maximum Gasteiger partial charge on any atom is 0.253 e. The molecule has 2 aromatic carbocycles. The molecule has 0 radical (unpaired) electrons. The van der Waals surface area contributed by atoms with Crippen molar-refractivity contribution in [3.63, 3.8) is 0 Å². The molecule has 2 heterocycles. The molecule has 0 saturated heterocycles. The Morgan fingerprint density at radius 2 is 1.94 bits per heavy atom. The smallest absolute Gasteiger partial charge is 0.253 e. The molecule has 1 aliphatic heterocycles. The lowest BCUT2D eigenvalue weighted by Gasteiger charge is -2.18. The largest absolute Gasteiger partial charge is 0.326 e. The Hall–Kier alpha value is -3.41. The second kappa shape index (κ2) is 9.22. The predicted octanol–water partition coefficient (Wildman–Crippen LogP) is 5.41. The average molecular weight is 443 g/mol. The van der Waals surface area contributed by atoms with Crippen molar-refractivity contribution in [2.24, 2.45) is 0 Å². The van der Waals surface area contributed by atoms with E-state index in [-0.39, 0.29) is 18.2 Å². The number of hydrogen-bond acceptors (Lipinski definition) is 3. The Labute approximate surface area is 194 Å². The van der Waals surface area contributed by atoms with Crippen LogP contribution < -0.4 is 10.2 Å². The number of aryl methyl sites for hydroxylation is 1. The summed E-state index contributed by atoms with van der Waals surface area (Å²) in [5.41, 5.74) is 5.14. The summed E-state index contributed by atoms with van der Waals surface area (Å²) in [4.78, 5) is 32.9. The zero-order valence-corrected chi connectivity index (χ0v) is 19.1. The zero-order chi connectivity index (χ0) is 22.8. The molecule has 0 saturated carbocycles. The van der Waals surface area contributed by atoms with Crippen molar-refractivity contribution in [2.75, 3.05) is 16.8 Å². The summed E-state index contributed by atoms with van der Waals surface area (Å²) in [6.45, 7) is 2.70. The van der Waals surface area contributed by atoms with E-state index in [2.05, 4.69) is 18.3 Å². The fourth-order valence-corrected chi connectivity index (χ4v) is 4.91. The van der Waals surface area contributed by atoms with Crippen LogP contribution >= 0.6 is 0 Å². The molecular weight excluding hydrogens is 412 g/mol.